The molecular weight excluding hydrogens is 366 g/mol. The highest BCUT2D eigenvalue weighted by atomic mass is 32.2. The van der Waals surface area contributed by atoms with Gasteiger partial charge in [-0.3, -0.25) is 9.69 Å². The molecule has 0 saturated heterocycles. The van der Waals surface area contributed by atoms with Crippen LogP contribution in [0.5, 0.6) is 0 Å². The number of benzene rings is 2. The van der Waals surface area contributed by atoms with Gasteiger partial charge in [-0.05, 0) is 48.9 Å². The fraction of sp³-hybridized carbons (Fsp3) is 0.217. The maximum atomic E-state index is 13.0. The van der Waals surface area contributed by atoms with Crippen molar-refractivity contribution in [3.63, 3.8) is 0 Å². The third kappa shape index (κ3) is 3.00. The van der Waals surface area contributed by atoms with Crippen LogP contribution in [0.1, 0.15) is 30.7 Å². The predicted molar refractivity (Wildman–Crippen MR) is 113 cm³/mol. The van der Waals surface area contributed by atoms with Gasteiger partial charge < -0.3 is 5.73 Å². The monoisotopic (exact) mass is 387 g/mol. The summed E-state index contributed by atoms with van der Waals surface area (Å²) in [6.07, 6.45) is 4.11. The first-order chi connectivity index (χ1) is 13.7. The van der Waals surface area contributed by atoms with Crippen LogP contribution in [0.3, 0.4) is 0 Å². The predicted octanol–water partition coefficient (Wildman–Crippen LogP) is 4.71. The Kier molecular flexibility index (Phi) is 4.97. The number of para-hydroxylation sites is 1. The molecule has 28 heavy (non-hydrogen) atoms. The SMILES string of the molecule is CSc1ccc(C2C(C#N)=C(N)N(c3ccccc3)C3=C2C(=O)CCC3)cc1. The van der Waals surface area contributed by atoms with E-state index in [0.717, 1.165) is 40.3 Å². The lowest BCUT2D eigenvalue weighted by Gasteiger charge is -2.39. The Labute approximate surface area is 169 Å². The zero-order chi connectivity index (χ0) is 19.7. The number of hydrogen-bond acceptors (Lipinski definition) is 5. The molecule has 0 fully saturated rings. The van der Waals surface area contributed by atoms with E-state index in [-0.39, 0.29) is 5.78 Å². The molecule has 0 radical (unpaired) electrons. The van der Waals surface area contributed by atoms with Crippen molar-refractivity contribution >= 4 is 23.2 Å². The van der Waals surface area contributed by atoms with Crippen LogP contribution in [0, 0.1) is 11.3 Å². The number of ketones is 1. The van der Waals surface area contributed by atoms with Gasteiger partial charge in [-0.15, -0.1) is 11.8 Å². The average Bonchev–Trinajstić information content (AvgIpc) is 2.74. The van der Waals surface area contributed by atoms with Crippen molar-refractivity contribution in [2.75, 3.05) is 11.2 Å². The molecule has 1 aliphatic carbocycles. The van der Waals surface area contributed by atoms with Crippen molar-refractivity contribution in [2.45, 2.75) is 30.1 Å². The number of hydrogen-bond donors (Lipinski definition) is 1. The van der Waals surface area contributed by atoms with Gasteiger partial charge in [0.05, 0.1) is 17.6 Å². The Morgan fingerprint density at radius 1 is 1.11 bits per heavy atom. The highest BCUT2D eigenvalue weighted by molar-refractivity contribution is 7.98. The summed E-state index contributed by atoms with van der Waals surface area (Å²) in [5.74, 6) is 0.131. The molecule has 2 aromatic carbocycles. The molecule has 2 N–H and O–H groups in total. The van der Waals surface area contributed by atoms with Crippen LogP contribution in [-0.4, -0.2) is 12.0 Å². The summed E-state index contributed by atoms with van der Waals surface area (Å²) in [4.78, 5) is 16.1. The fourth-order valence-corrected chi connectivity index (χ4v) is 4.50. The van der Waals surface area contributed by atoms with Crippen molar-refractivity contribution < 1.29 is 4.79 Å². The Hall–Kier alpha value is -2.97. The molecule has 0 spiro atoms. The number of nitrogens with two attached hydrogens (primary N) is 1. The highest BCUT2D eigenvalue weighted by Crippen LogP contribution is 2.46. The Morgan fingerprint density at radius 2 is 1.82 bits per heavy atom. The number of nitriles is 1. The standard InChI is InChI=1S/C23H21N3OS/c1-28-17-12-10-15(11-13-17)21-18(14-24)23(25)26(16-6-3-2-4-7-16)19-8-5-9-20(27)22(19)21/h2-4,6-7,10-13,21H,5,8-9,25H2,1H3. The Balaban J connectivity index is 1.93. The third-order valence-electron chi connectivity index (χ3n) is 5.38. The maximum Gasteiger partial charge on any atom is 0.161 e. The molecule has 0 aromatic heterocycles. The Bertz CT molecular complexity index is 1020. The number of carbonyl (C=O) groups is 1. The van der Waals surface area contributed by atoms with Gasteiger partial charge in [0, 0.05) is 28.3 Å². The summed E-state index contributed by atoms with van der Waals surface area (Å²) in [5, 5.41) is 9.98. The third-order valence-corrected chi connectivity index (χ3v) is 6.12. The van der Waals surface area contributed by atoms with E-state index in [0.29, 0.717) is 17.8 Å². The van der Waals surface area contributed by atoms with E-state index < -0.39 is 5.92 Å². The molecule has 0 bridgehead atoms. The molecule has 0 saturated carbocycles. The number of carbonyl (C=O) groups excluding carboxylic acids is 1. The number of anilines is 1. The first-order valence-corrected chi connectivity index (χ1v) is 10.5. The number of Topliss-reactive ketones (excluding diaryl/α,β-unsaturated/α-hetero) is 1. The lowest BCUT2D eigenvalue weighted by molar-refractivity contribution is -0.116. The van der Waals surface area contributed by atoms with Crippen LogP contribution in [0.25, 0.3) is 0 Å². The molecule has 1 atom stereocenters. The second-order valence-electron chi connectivity index (χ2n) is 6.92. The molecule has 1 unspecified atom stereocenters. The van der Waals surface area contributed by atoms with Crippen LogP contribution in [0.15, 0.2) is 82.2 Å². The van der Waals surface area contributed by atoms with Crippen molar-refractivity contribution in [3.8, 4) is 6.07 Å². The number of rotatable bonds is 3. The first-order valence-electron chi connectivity index (χ1n) is 9.30. The first kappa shape index (κ1) is 18.4. The lowest BCUT2D eigenvalue weighted by atomic mass is 9.75. The summed E-state index contributed by atoms with van der Waals surface area (Å²) < 4.78 is 0. The molecule has 4 rings (SSSR count). The van der Waals surface area contributed by atoms with Gasteiger partial charge in [0.15, 0.2) is 5.78 Å². The topological polar surface area (TPSA) is 70.1 Å². The number of thioether (sulfide) groups is 1. The van der Waals surface area contributed by atoms with Gasteiger partial charge in [0.25, 0.3) is 0 Å². The molecule has 5 heteroatoms. The van der Waals surface area contributed by atoms with E-state index in [1.807, 2.05) is 65.8 Å². The second kappa shape index (κ2) is 7.57. The molecular formula is C23H21N3OS. The van der Waals surface area contributed by atoms with Crippen LogP contribution >= 0.6 is 11.8 Å². The molecule has 2 aliphatic rings. The summed E-state index contributed by atoms with van der Waals surface area (Å²) in [7, 11) is 0. The molecule has 140 valence electrons. The van der Waals surface area contributed by atoms with Gasteiger partial charge in [-0.25, -0.2) is 0 Å². The fourth-order valence-electron chi connectivity index (χ4n) is 4.09. The van der Waals surface area contributed by atoms with E-state index in [2.05, 4.69) is 6.07 Å². The molecule has 1 aliphatic heterocycles. The van der Waals surface area contributed by atoms with E-state index in [4.69, 9.17) is 5.73 Å². The van der Waals surface area contributed by atoms with Gasteiger partial charge in [0.1, 0.15) is 5.82 Å². The van der Waals surface area contributed by atoms with E-state index >= 15 is 0 Å². The minimum Gasteiger partial charge on any atom is -0.384 e. The summed E-state index contributed by atoms with van der Waals surface area (Å²) in [6, 6.07) is 20.1. The van der Waals surface area contributed by atoms with E-state index in [9.17, 15) is 10.1 Å². The van der Waals surface area contributed by atoms with Crippen molar-refractivity contribution in [1.82, 2.24) is 0 Å². The molecule has 1 heterocycles. The van der Waals surface area contributed by atoms with E-state index in [1.165, 1.54) is 0 Å². The molecule has 0 amide bonds. The minimum absolute atomic E-state index is 0.112. The van der Waals surface area contributed by atoms with Gasteiger partial charge in [-0.1, -0.05) is 30.3 Å². The van der Waals surface area contributed by atoms with Crippen LogP contribution in [0.2, 0.25) is 0 Å². The van der Waals surface area contributed by atoms with Gasteiger partial charge in [0.2, 0.25) is 0 Å². The van der Waals surface area contributed by atoms with Crippen LogP contribution in [-0.2, 0) is 4.79 Å². The smallest absolute Gasteiger partial charge is 0.161 e. The Morgan fingerprint density at radius 3 is 2.46 bits per heavy atom. The van der Waals surface area contributed by atoms with Gasteiger partial charge in [-0.2, -0.15) is 5.26 Å². The minimum atomic E-state index is -0.399. The zero-order valence-electron chi connectivity index (χ0n) is 15.7. The average molecular weight is 388 g/mol. The zero-order valence-corrected chi connectivity index (χ0v) is 16.5. The quantitative estimate of drug-likeness (QED) is 0.772. The molecule has 2 aromatic rings. The van der Waals surface area contributed by atoms with Crippen LogP contribution < -0.4 is 10.6 Å². The summed E-state index contributed by atoms with van der Waals surface area (Å²) in [5.41, 5.74) is 10.4. The summed E-state index contributed by atoms with van der Waals surface area (Å²) in [6.45, 7) is 0. The number of allylic oxidation sites excluding steroid dienone is 3. The lowest BCUT2D eigenvalue weighted by Crippen LogP contribution is -2.38. The number of nitrogens with zero attached hydrogens (tertiary/aromatic N) is 2. The van der Waals surface area contributed by atoms with E-state index in [1.54, 1.807) is 11.8 Å². The van der Waals surface area contributed by atoms with Crippen LogP contribution in [0.4, 0.5) is 5.69 Å². The van der Waals surface area contributed by atoms with Crippen molar-refractivity contribution in [3.05, 3.63) is 82.8 Å². The highest BCUT2D eigenvalue weighted by Gasteiger charge is 2.40. The van der Waals surface area contributed by atoms with Crippen molar-refractivity contribution in [1.29, 1.82) is 5.26 Å². The van der Waals surface area contributed by atoms with Crippen molar-refractivity contribution in [2.24, 2.45) is 5.73 Å². The normalized spacial score (nSPS) is 19.5. The second-order valence-corrected chi connectivity index (χ2v) is 7.80. The maximum absolute atomic E-state index is 13.0. The van der Waals surface area contributed by atoms with Gasteiger partial charge >= 0.3 is 0 Å². The summed E-state index contributed by atoms with van der Waals surface area (Å²) >= 11 is 1.66. The molecule has 4 nitrogen and oxygen atoms in total. The largest absolute Gasteiger partial charge is 0.384 e.